The Hall–Kier alpha value is -0.530. The third-order valence-corrected chi connectivity index (χ3v) is 5.22. The second kappa shape index (κ2) is 6.28. The van der Waals surface area contributed by atoms with Crippen molar-refractivity contribution < 1.29 is 14.7 Å². The van der Waals surface area contributed by atoms with Crippen LogP contribution in [0.3, 0.4) is 0 Å². The van der Waals surface area contributed by atoms with E-state index in [0.717, 1.165) is 18.6 Å². The highest BCUT2D eigenvalue weighted by atomic mass is 79.9. The van der Waals surface area contributed by atoms with E-state index in [0.29, 0.717) is 14.6 Å². The van der Waals surface area contributed by atoms with E-state index in [1.807, 2.05) is 0 Å². The molecule has 1 aliphatic heterocycles. The molecule has 0 spiro atoms. The van der Waals surface area contributed by atoms with Crippen LogP contribution >= 0.6 is 43.6 Å². The van der Waals surface area contributed by atoms with Gasteiger partial charge in [-0.25, -0.2) is 4.79 Å². The highest BCUT2D eigenvalue weighted by Crippen LogP contribution is 2.33. The van der Waals surface area contributed by atoms with Crippen LogP contribution in [0.4, 0.5) is 5.69 Å². The van der Waals surface area contributed by atoms with Gasteiger partial charge in [-0.15, -0.1) is 11.8 Å². The van der Waals surface area contributed by atoms with Gasteiger partial charge in [0.25, 0.3) is 0 Å². The Bertz CT molecular complexity index is 530. The van der Waals surface area contributed by atoms with Crippen molar-refractivity contribution in [1.82, 2.24) is 0 Å². The average molecular weight is 409 g/mol. The summed E-state index contributed by atoms with van der Waals surface area (Å²) in [6.45, 7) is 0. The summed E-state index contributed by atoms with van der Waals surface area (Å²) in [4.78, 5) is 23.3. The number of aromatic carboxylic acids is 1. The number of carboxylic acids is 1. The standard InChI is InChI=1S/C12H11Br2NO3S/c13-6-4-7(12(17)18)10(8(14)5-6)15-11(16)9-2-1-3-19-9/h4-5,9H,1-3H2,(H,15,16)(H,17,18). The highest BCUT2D eigenvalue weighted by Gasteiger charge is 2.25. The Labute approximate surface area is 131 Å². The number of thioether (sulfide) groups is 1. The Morgan fingerprint density at radius 2 is 2.11 bits per heavy atom. The molecule has 1 aromatic rings. The Kier molecular flexibility index (Phi) is 4.92. The maximum atomic E-state index is 12.1. The molecule has 1 aromatic carbocycles. The molecule has 1 fully saturated rings. The number of carbonyl (C=O) groups excluding carboxylic acids is 1. The third kappa shape index (κ3) is 3.52. The molecule has 0 radical (unpaired) electrons. The molecule has 1 heterocycles. The summed E-state index contributed by atoms with van der Waals surface area (Å²) < 4.78 is 1.20. The zero-order chi connectivity index (χ0) is 14.0. The van der Waals surface area contributed by atoms with Gasteiger partial charge in [0.1, 0.15) is 0 Å². The monoisotopic (exact) mass is 407 g/mol. The van der Waals surface area contributed by atoms with Gasteiger partial charge in [-0.3, -0.25) is 4.79 Å². The smallest absolute Gasteiger partial charge is 0.337 e. The molecule has 1 unspecified atom stereocenters. The summed E-state index contributed by atoms with van der Waals surface area (Å²) in [7, 11) is 0. The maximum Gasteiger partial charge on any atom is 0.337 e. The van der Waals surface area contributed by atoms with Crippen molar-refractivity contribution in [2.24, 2.45) is 0 Å². The van der Waals surface area contributed by atoms with E-state index in [9.17, 15) is 14.7 Å². The first-order valence-corrected chi connectivity index (χ1v) is 8.27. The summed E-state index contributed by atoms with van der Waals surface area (Å²) in [6, 6.07) is 3.19. The molecular weight excluding hydrogens is 398 g/mol. The predicted octanol–water partition coefficient (Wildman–Crippen LogP) is 3.74. The molecule has 7 heteroatoms. The van der Waals surface area contributed by atoms with Crippen LogP contribution in [0.1, 0.15) is 23.2 Å². The van der Waals surface area contributed by atoms with Crippen LogP contribution in [0.2, 0.25) is 0 Å². The number of nitrogens with one attached hydrogen (secondary N) is 1. The minimum Gasteiger partial charge on any atom is -0.478 e. The summed E-state index contributed by atoms with van der Waals surface area (Å²) in [5, 5.41) is 11.8. The second-order valence-corrected chi connectivity index (χ2v) is 7.19. The molecule has 102 valence electrons. The molecule has 2 rings (SSSR count). The topological polar surface area (TPSA) is 66.4 Å². The van der Waals surface area contributed by atoms with Crippen LogP contribution in [-0.2, 0) is 4.79 Å². The number of carboxylic acid groups (broad SMARTS) is 1. The number of rotatable bonds is 3. The molecule has 0 bridgehead atoms. The van der Waals surface area contributed by atoms with Crippen LogP contribution < -0.4 is 5.32 Å². The Morgan fingerprint density at radius 1 is 1.37 bits per heavy atom. The Balaban J connectivity index is 2.28. The lowest BCUT2D eigenvalue weighted by molar-refractivity contribution is -0.115. The summed E-state index contributed by atoms with van der Waals surface area (Å²) >= 11 is 8.14. The number of halogens is 2. The number of hydrogen-bond donors (Lipinski definition) is 2. The summed E-state index contributed by atoms with van der Waals surface area (Å²) in [5.41, 5.74) is 0.380. The van der Waals surface area contributed by atoms with E-state index in [4.69, 9.17) is 0 Å². The van der Waals surface area contributed by atoms with Crippen LogP contribution in [0.15, 0.2) is 21.1 Å². The van der Waals surface area contributed by atoms with Gasteiger partial charge in [-0.05, 0) is 46.7 Å². The highest BCUT2D eigenvalue weighted by molar-refractivity contribution is 9.11. The molecule has 1 amide bonds. The van der Waals surface area contributed by atoms with Gasteiger partial charge < -0.3 is 10.4 Å². The van der Waals surface area contributed by atoms with E-state index < -0.39 is 5.97 Å². The lowest BCUT2D eigenvalue weighted by Gasteiger charge is -2.14. The van der Waals surface area contributed by atoms with Gasteiger partial charge in [0.05, 0.1) is 16.5 Å². The molecule has 1 aliphatic rings. The van der Waals surface area contributed by atoms with Crippen molar-refractivity contribution >= 4 is 61.2 Å². The van der Waals surface area contributed by atoms with E-state index in [1.54, 1.807) is 17.8 Å². The maximum absolute atomic E-state index is 12.1. The lowest BCUT2D eigenvalue weighted by atomic mass is 10.1. The Morgan fingerprint density at radius 3 is 2.68 bits per heavy atom. The van der Waals surface area contributed by atoms with Gasteiger partial charge in [0.2, 0.25) is 5.91 Å². The minimum atomic E-state index is -1.07. The molecule has 2 N–H and O–H groups in total. The van der Waals surface area contributed by atoms with Crippen LogP contribution in [0.5, 0.6) is 0 Å². The van der Waals surface area contributed by atoms with Gasteiger partial charge >= 0.3 is 5.97 Å². The van der Waals surface area contributed by atoms with E-state index >= 15 is 0 Å². The van der Waals surface area contributed by atoms with Gasteiger partial charge in [0.15, 0.2) is 0 Å². The number of amides is 1. The van der Waals surface area contributed by atoms with Crippen LogP contribution in [0, 0.1) is 0 Å². The molecule has 1 saturated heterocycles. The van der Waals surface area contributed by atoms with Crippen molar-refractivity contribution in [1.29, 1.82) is 0 Å². The largest absolute Gasteiger partial charge is 0.478 e. The molecule has 4 nitrogen and oxygen atoms in total. The lowest BCUT2D eigenvalue weighted by Crippen LogP contribution is -2.24. The molecular formula is C12H11Br2NO3S. The number of carbonyl (C=O) groups is 2. The third-order valence-electron chi connectivity index (χ3n) is 2.76. The number of hydrogen-bond acceptors (Lipinski definition) is 3. The number of anilines is 1. The fourth-order valence-corrected chi connectivity index (χ4v) is 4.34. The second-order valence-electron chi connectivity index (χ2n) is 4.11. The number of benzene rings is 1. The molecule has 19 heavy (non-hydrogen) atoms. The first-order chi connectivity index (χ1) is 8.99. The predicted molar refractivity (Wildman–Crippen MR) is 82.9 cm³/mol. The zero-order valence-corrected chi connectivity index (χ0v) is 13.8. The van der Waals surface area contributed by atoms with Crippen molar-refractivity contribution in [2.75, 3.05) is 11.1 Å². The molecule has 0 aromatic heterocycles. The van der Waals surface area contributed by atoms with E-state index in [2.05, 4.69) is 37.2 Å². The first-order valence-electron chi connectivity index (χ1n) is 5.64. The van der Waals surface area contributed by atoms with E-state index in [-0.39, 0.29) is 16.7 Å². The van der Waals surface area contributed by atoms with Crippen molar-refractivity contribution in [3.8, 4) is 0 Å². The van der Waals surface area contributed by atoms with Crippen molar-refractivity contribution in [3.63, 3.8) is 0 Å². The molecule has 1 atom stereocenters. The zero-order valence-electron chi connectivity index (χ0n) is 9.78. The van der Waals surface area contributed by atoms with Gasteiger partial charge in [-0.2, -0.15) is 0 Å². The van der Waals surface area contributed by atoms with Crippen LogP contribution in [-0.4, -0.2) is 28.0 Å². The van der Waals surface area contributed by atoms with Crippen molar-refractivity contribution in [3.05, 3.63) is 26.6 Å². The summed E-state index contributed by atoms with van der Waals surface area (Å²) in [5.74, 6) is -0.227. The first kappa shape index (κ1) is 14.9. The molecule has 0 aliphatic carbocycles. The quantitative estimate of drug-likeness (QED) is 0.799. The van der Waals surface area contributed by atoms with Crippen LogP contribution in [0.25, 0.3) is 0 Å². The fourth-order valence-electron chi connectivity index (χ4n) is 1.86. The van der Waals surface area contributed by atoms with Gasteiger partial charge in [-0.1, -0.05) is 15.9 Å². The minimum absolute atomic E-state index is 0.0672. The fraction of sp³-hybridized carbons (Fsp3) is 0.333. The average Bonchev–Trinajstić information content (AvgIpc) is 2.85. The van der Waals surface area contributed by atoms with Gasteiger partial charge in [0, 0.05) is 8.95 Å². The summed E-state index contributed by atoms with van der Waals surface area (Å²) in [6.07, 6.45) is 1.86. The van der Waals surface area contributed by atoms with E-state index in [1.165, 1.54) is 6.07 Å². The van der Waals surface area contributed by atoms with Crippen molar-refractivity contribution in [2.45, 2.75) is 18.1 Å². The SMILES string of the molecule is O=C(O)c1cc(Br)cc(Br)c1NC(=O)C1CCCS1. The molecule has 0 saturated carbocycles. The normalized spacial score (nSPS) is 18.3.